The van der Waals surface area contributed by atoms with Crippen LogP contribution in [0.1, 0.15) is 85.0 Å². The molecule has 174 valence electrons. The number of nitrogens with one attached hydrogen (secondary N) is 1. The van der Waals surface area contributed by atoms with E-state index >= 15 is 0 Å². The first-order chi connectivity index (χ1) is 15.1. The molecule has 1 unspecified atom stereocenters. The third kappa shape index (κ3) is 19.6. The summed E-state index contributed by atoms with van der Waals surface area (Å²) in [6, 6.07) is 0. The summed E-state index contributed by atoms with van der Waals surface area (Å²) in [5.74, 6) is -0.163. The van der Waals surface area contributed by atoms with Crippen LogP contribution in [0.5, 0.6) is 0 Å². The van der Waals surface area contributed by atoms with E-state index in [1.165, 1.54) is 18.9 Å². The summed E-state index contributed by atoms with van der Waals surface area (Å²) in [6.45, 7) is 6.68. The molecule has 0 spiro atoms. The van der Waals surface area contributed by atoms with Crippen molar-refractivity contribution in [1.29, 1.82) is 0 Å². The first-order valence-electron chi connectivity index (χ1n) is 12.1. The fraction of sp³-hybridized carbons (Fsp3) is 0.536. The van der Waals surface area contributed by atoms with Gasteiger partial charge in [0.15, 0.2) is 0 Å². The Hall–Kier alpha value is -2.13. The fourth-order valence-electron chi connectivity index (χ4n) is 3.11. The molecule has 31 heavy (non-hydrogen) atoms. The molecule has 0 aliphatic carbocycles. The predicted octanol–water partition coefficient (Wildman–Crippen LogP) is 7.13. The molecule has 0 aliphatic rings. The number of amides is 1. The fourth-order valence-corrected chi connectivity index (χ4v) is 3.11. The molecular weight excluding hydrogens is 382 g/mol. The molecule has 0 saturated carbocycles. The zero-order chi connectivity index (χ0) is 23.0. The molecule has 0 radical (unpaired) electrons. The van der Waals surface area contributed by atoms with Crippen LogP contribution in [-0.4, -0.2) is 23.2 Å². The number of aliphatic hydroxyl groups is 1. The van der Waals surface area contributed by atoms with Crippen LogP contribution in [-0.2, 0) is 4.79 Å². The van der Waals surface area contributed by atoms with Crippen molar-refractivity contribution in [2.45, 2.75) is 90.6 Å². The van der Waals surface area contributed by atoms with E-state index in [1.807, 2.05) is 30.4 Å². The molecule has 0 heterocycles. The van der Waals surface area contributed by atoms with Gasteiger partial charge in [-0.25, -0.2) is 0 Å². The molecule has 0 aromatic rings. The topological polar surface area (TPSA) is 49.3 Å². The summed E-state index contributed by atoms with van der Waals surface area (Å²) in [7, 11) is 0. The summed E-state index contributed by atoms with van der Waals surface area (Å²) in [4.78, 5) is 12.0. The number of carbonyl (C=O) groups excluding carboxylic acids is 1. The number of hydrogen-bond acceptors (Lipinski definition) is 2. The average Bonchev–Trinajstić information content (AvgIpc) is 2.76. The number of hydrogen-bond donors (Lipinski definition) is 2. The molecule has 3 heteroatoms. The minimum atomic E-state index is -0.791. The first kappa shape index (κ1) is 28.9. The Morgan fingerprint density at radius 3 is 1.94 bits per heavy atom. The zero-order valence-electron chi connectivity index (χ0n) is 20.1. The zero-order valence-corrected chi connectivity index (χ0v) is 20.1. The lowest BCUT2D eigenvalue weighted by atomic mass is 9.91. The lowest BCUT2D eigenvalue weighted by Crippen LogP contribution is -2.42. The van der Waals surface area contributed by atoms with Crippen LogP contribution < -0.4 is 5.32 Å². The second kappa shape index (κ2) is 21.1. The number of unbranched alkanes of at least 4 members (excludes halogenated alkanes) is 4. The highest BCUT2D eigenvalue weighted by Gasteiger charge is 2.25. The van der Waals surface area contributed by atoms with Gasteiger partial charge in [0.25, 0.3) is 0 Å². The van der Waals surface area contributed by atoms with Gasteiger partial charge in [0.1, 0.15) is 0 Å². The molecule has 1 atom stereocenters. The highest BCUT2D eigenvalue weighted by atomic mass is 16.3. The van der Waals surface area contributed by atoms with E-state index in [-0.39, 0.29) is 5.91 Å². The Morgan fingerprint density at radius 1 is 0.742 bits per heavy atom. The lowest BCUT2D eigenvalue weighted by molar-refractivity contribution is -0.118. The maximum Gasteiger partial charge on any atom is 0.244 e. The summed E-state index contributed by atoms with van der Waals surface area (Å²) in [6.07, 6.45) is 33.5. The smallest absolute Gasteiger partial charge is 0.244 e. The molecule has 0 bridgehead atoms. The van der Waals surface area contributed by atoms with Crippen molar-refractivity contribution < 1.29 is 9.90 Å². The van der Waals surface area contributed by atoms with Crippen LogP contribution >= 0.6 is 0 Å². The number of carbonyl (C=O) groups is 1. The quantitative estimate of drug-likeness (QED) is 0.139. The van der Waals surface area contributed by atoms with Gasteiger partial charge in [-0.2, -0.15) is 0 Å². The predicted molar refractivity (Wildman–Crippen MR) is 136 cm³/mol. The Bertz CT molecular complexity index is 611. The average molecular weight is 428 g/mol. The van der Waals surface area contributed by atoms with Gasteiger partial charge in [-0.1, -0.05) is 120 Å². The summed E-state index contributed by atoms with van der Waals surface area (Å²) in [5.41, 5.74) is -0.791. The highest BCUT2D eigenvalue weighted by Crippen LogP contribution is 2.20. The van der Waals surface area contributed by atoms with Gasteiger partial charge >= 0.3 is 0 Å². The minimum Gasteiger partial charge on any atom is -0.388 e. The van der Waals surface area contributed by atoms with Crippen LogP contribution in [0.2, 0.25) is 0 Å². The summed E-state index contributed by atoms with van der Waals surface area (Å²) >= 11 is 0. The maximum atomic E-state index is 12.0. The molecule has 0 aliphatic heterocycles. The molecule has 0 rings (SSSR count). The Labute approximate surface area is 191 Å². The first-order valence-corrected chi connectivity index (χ1v) is 12.1. The SMILES string of the molecule is CCC=CC=CC=CCCC=CC=CC=CC(=O)NCC(O)(CCC)CCCCCC. The van der Waals surface area contributed by atoms with Gasteiger partial charge in [0.05, 0.1) is 5.60 Å². The van der Waals surface area contributed by atoms with E-state index in [2.05, 4.69) is 56.5 Å². The standard InChI is InChI=1S/C28H45NO2/c1-4-7-9-11-12-13-14-15-16-17-18-19-20-21-23-27(30)29-26-28(31,24-6-3)25-22-10-8-5-2/h7,9,11-14,17-21,23,31H,4-6,8,10,15-16,22,24-26H2,1-3H3,(H,29,30). The molecule has 0 aromatic heterocycles. The number of allylic oxidation sites excluding steroid dienone is 11. The van der Waals surface area contributed by atoms with Crippen LogP contribution in [0.3, 0.4) is 0 Å². The number of rotatable bonds is 18. The van der Waals surface area contributed by atoms with Crippen LogP contribution in [0.15, 0.2) is 72.9 Å². The molecule has 3 nitrogen and oxygen atoms in total. The molecular formula is C28H45NO2. The third-order valence-corrected chi connectivity index (χ3v) is 4.86. The van der Waals surface area contributed by atoms with Gasteiger partial charge in [-0.05, 0) is 32.1 Å². The molecule has 2 N–H and O–H groups in total. The van der Waals surface area contributed by atoms with E-state index in [1.54, 1.807) is 6.08 Å². The van der Waals surface area contributed by atoms with Crippen molar-refractivity contribution in [3.05, 3.63) is 72.9 Å². The van der Waals surface area contributed by atoms with Crippen molar-refractivity contribution in [2.75, 3.05) is 6.54 Å². The van der Waals surface area contributed by atoms with Gasteiger partial charge in [0, 0.05) is 12.6 Å². The minimum absolute atomic E-state index is 0.163. The third-order valence-electron chi connectivity index (χ3n) is 4.86. The van der Waals surface area contributed by atoms with E-state index < -0.39 is 5.60 Å². The molecule has 1 amide bonds. The van der Waals surface area contributed by atoms with Crippen molar-refractivity contribution in [3.63, 3.8) is 0 Å². The molecule has 0 saturated heterocycles. The van der Waals surface area contributed by atoms with Crippen LogP contribution in [0.25, 0.3) is 0 Å². The van der Waals surface area contributed by atoms with E-state index in [4.69, 9.17) is 0 Å². The molecule has 0 aromatic carbocycles. The Balaban J connectivity index is 4.10. The van der Waals surface area contributed by atoms with Crippen LogP contribution in [0, 0.1) is 0 Å². The van der Waals surface area contributed by atoms with Crippen molar-refractivity contribution in [1.82, 2.24) is 5.32 Å². The second-order valence-corrected chi connectivity index (χ2v) is 7.90. The second-order valence-electron chi connectivity index (χ2n) is 7.90. The Morgan fingerprint density at radius 2 is 1.35 bits per heavy atom. The largest absolute Gasteiger partial charge is 0.388 e. The van der Waals surface area contributed by atoms with Crippen LogP contribution in [0.4, 0.5) is 0 Å². The van der Waals surface area contributed by atoms with E-state index in [0.717, 1.165) is 51.4 Å². The normalized spacial score (nSPS) is 14.8. The Kier molecular flexibility index (Phi) is 19.7. The van der Waals surface area contributed by atoms with Gasteiger partial charge in [-0.3, -0.25) is 4.79 Å². The highest BCUT2D eigenvalue weighted by molar-refractivity contribution is 5.87. The maximum absolute atomic E-state index is 12.0. The van der Waals surface area contributed by atoms with Gasteiger partial charge in [0.2, 0.25) is 5.91 Å². The van der Waals surface area contributed by atoms with Gasteiger partial charge < -0.3 is 10.4 Å². The van der Waals surface area contributed by atoms with Gasteiger partial charge in [-0.15, -0.1) is 0 Å². The monoisotopic (exact) mass is 427 g/mol. The van der Waals surface area contributed by atoms with E-state index in [9.17, 15) is 9.90 Å². The lowest BCUT2D eigenvalue weighted by Gasteiger charge is -2.28. The van der Waals surface area contributed by atoms with Crippen molar-refractivity contribution in [2.24, 2.45) is 0 Å². The summed E-state index contributed by atoms with van der Waals surface area (Å²) < 4.78 is 0. The van der Waals surface area contributed by atoms with Crippen molar-refractivity contribution in [3.8, 4) is 0 Å². The van der Waals surface area contributed by atoms with Crippen molar-refractivity contribution >= 4 is 5.91 Å². The summed E-state index contributed by atoms with van der Waals surface area (Å²) in [5, 5.41) is 13.6. The molecule has 0 fully saturated rings. The van der Waals surface area contributed by atoms with E-state index in [0.29, 0.717) is 6.54 Å².